The second-order valence-electron chi connectivity index (χ2n) is 5.65. The molecule has 1 aromatic rings. The van der Waals surface area contributed by atoms with Crippen LogP contribution in [0.15, 0.2) is 30.3 Å². The van der Waals surface area contributed by atoms with Crippen LogP contribution in [0.3, 0.4) is 0 Å². The van der Waals surface area contributed by atoms with Crippen molar-refractivity contribution in [1.82, 2.24) is 0 Å². The maximum atomic E-state index is 12.4. The molecule has 3 nitrogen and oxygen atoms in total. The Kier molecular flexibility index (Phi) is 4.48. The summed E-state index contributed by atoms with van der Waals surface area (Å²) < 4.78 is 0. The van der Waals surface area contributed by atoms with Crippen molar-refractivity contribution in [3.8, 4) is 0 Å². The first kappa shape index (κ1) is 14.6. The molecule has 1 aromatic carbocycles. The van der Waals surface area contributed by atoms with E-state index in [0.29, 0.717) is 38.5 Å². The minimum atomic E-state index is -0.967. The van der Waals surface area contributed by atoms with Crippen LogP contribution < -0.4 is 0 Å². The largest absolute Gasteiger partial charge is 0.300 e. The van der Waals surface area contributed by atoms with Gasteiger partial charge >= 0.3 is 0 Å². The summed E-state index contributed by atoms with van der Waals surface area (Å²) in [7, 11) is 0. The standard InChI is InChI=1S/C17H20O3/c1-13(18)10-11-17(12-14-6-3-2-4-7-14)15(19)8-5-9-16(17)20/h2-4,6-7H,5,8-12H2,1H3. The summed E-state index contributed by atoms with van der Waals surface area (Å²) in [6.07, 6.45) is 2.64. The summed E-state index contributed by atoms with van der Waals surface area (Å²) in [6, 6.07) is 9.60. The highest BCUT2D eigenvalue weighted by Crippen LogP contribution is 2.38. The third kappa shape index (κ3) is 3.03. The van der Waals surface area contributed by atoms with Gasteiger partial charge in [-0.05, 0) is 31.7 Å². The molecule has 0 aliphatic heterocycles. The number of hydrogen-bond donors (Lipinski definition) is 0. The fraction of sp³-hybridized carbons (Fsp3) is 0.471. The van der Waals surface area contributed by atoms with Crippen LogP contribution in [0.25, 0.3) is 0 Å². The smallest absolute Gasteiger partial charge is 0.146 e. The lowest BCUT2D eigenvalue weighted by Crippen LogP contribution is -2.44. The number of carbonyl (C=O) groups excluding carboxylic acids is 3. The highest BCUT2D eigenvalue weighted by Gasteiger charge is 2.46. The number of Topliss-reactive ketones (excluding diaryl/α,β-unsaturated/α-hetero) is 3. The molecule has 1 saturated carbocycles. The monoisotopic (exact) mass is 272 g/mol. The molecule has 0 bridgehead atoms. The zero-order valence-corrected chi connectivity index (χ0v) is 11.9. The Hall–Kier alpha value is -1.77. The first-order valence-corrected chi connectivity index (χ1v) is 7.14. The minimum absolute atomic E-state index is 0.0128. The van der Waals surface area contributed by atoms with Crippen molar-refractivity contribution < 1.29 is 14.4 Å². The summed E-state index contributed by atoms with van der Waals surface area (Å²) >= 11 is 0. The molecule has 0 N–H and O–H groups in total. The van der Waals surface area contributed by atoms with Crippen LogP contribution in [-0.2, 0) is 20.8 Å². The molecule has 3 heteroatoms. The number of benzene rings is 1. The molecule has 0 atom stereocenters. The van der Waals surface area contributed by atoms with Crippen molar-refractivity contribution in [2.24, 2.45) is 5.41 Å². The van der Waals surface area contributed by atoms with E-state index in [0.717, 1.165) is 5.56 Å². The van der Waals surface area contributed by atoms with E-state index < -0.39 is 5.41 Å². The summed E-state index contributed by atoms with van der Waals surface area (Å²) in [6.45, 7) is 1.51. The molecule has 0 saturated heterocycles. The van der Waals surface area contributed by atoms with Gasteiger partial charge in [0.25, 0.3) is 0 Å². The van der Waals surface area contributed by atoms with E-state index in [1.807, 2.05) is 30.3 Å². The topological polar surface area (TPSA) is 51.2 Å². The molecule has 0 unspecified atom stereocenters. The van der Waals surface area contributed by atoms with Gasteiger partial charge in [0.2, 0.25) is 0 Å². The number of rotatable bonds is 5. The van der Waals surface area contributed by atoms with Gasteiger partial charge in [0, 0.05) is 19.3 Å². The zero-order valence-electron chi connectivity index (χ0n) is 11.9. The molecule has 0 amide bonds. The van der Waals surface area contributed by atoms with Crippen LogP contribution in [0.5, 0.6) is 0 Å². The summed E-state index contributed by atoms with van der Waals surface area (Å²) in [5.41, 5.74) is 0.0188. The van der Waals surface area contributed by atoms with Crippen LogP contribution >= 0.6 is 0 Å². The lowest BCUT2D eigenvalue weighted by Gasteiger charge is -2.34. The summed E-state index contributed by atoms with van der Waals surface area (Å²) in [5.74, 6) is 0.0568. The van der Waals surface area contributed by atoms with Crippen molar-refractivity contribution in [3.05, 3.63) is 35.9 Å². The molecular formula is C17H20O3. The second kappa shape index (κ2) is 6.12. The zero-order chi connectivity index (χ0) is 14.6. The van der Waals surface area contributed by atoms with Gasteiger partial charge in [-0.25, -0.2) is 0 Å². The average Bonchev–Trinajstić information content (AvgIpc) is 2.43. The van der Waals surface area contributed by atoms with Gasteiger partial charge in [-0.15, -0.1) is 0 Å². The van der Waals surface area contributed by atoms with Crippen molar-refractivity contribution in [2.75, 3.05) is 0 Å². The Morgan fingerprint density at radius 3 is 2.25 bits per heavy atom. The fourth-order valence-electron chi connectivity index (χ4n) is 2.94. The van der Waals surface area contributed by atoms with E-state index in [2.05, 4.69) is 0 Å². The molecule has 106 valence electrons. The molecule has 1 aliphatic rings. The first-order valence-electron chi connectivity index (χ1n) is 7.14. The molecular weight excluding hydrogens is 252 g/mol. The lowest BCUT2D eigenvalue weighted by atomic mass is 9.65. The van der Waals surface area contributed by atoms with E-state index in [9.17, 15) is 14.4 Å². The SMILES string of the molecule is CC(=O)CCC1(Cc2ccccc2)C(=O)CCCC1=O. The van der Waals surface area contributed by atoms with Crippen LogP contribution in [-0.4, -0.2) is 17.3 Å². The Labute approximate surface area is 119 Å². The first-order chi connectivity index (χ1) is 9.54. The van der Waals surface area contributed by atoms with Gasteiger partial charge in [0.15, 0.2) is 0 Å². The van der Waals surface area contributed by atoms with Crippen molar-refractivity contribution in [3.63, 3.8) is 0 Å². The Morgan fingerprint density at radius 1 is 1.10 bits per heavy atom. The molecule has 1 fully saturated rings. The van der Waals surface area contributed by atoms with Gasteiger partial charge in [-0.2, -0.15) is 0 Å². The van der Waals surface area contributed by atoms with Crippen LogP contribution in [0.4, 0.5) is 0 Å². The van der Waals surface area contributed by atoms with Crippen molar-refractivity contribution in [1.29, 1.82) is 0 Å². The van der Waals surface area contributed by atoms with Crippen LogP contribution in [0.2, 0.25) is 0 Å². The van der Waals surface area contributed by atoms with Crippen molar-refractivity contribution >= 4 is 17.3 Å². The summed E-state index contributed by atoms with van der Waals surface area (Å²) in [5, 5.41) is 0. The van der Waals surface area contributed by atoms with Gasteiger partial charge < -0.3 is 4.79 Å². The maximum absolute atomic E-state index is 12.4. The van der Waals surface area contributed by atoms with E-state index in [4.69, 9.17) is 0 Å². The van der Waals surface area contributed by atoms with Gasteiger partial charge in [-0.3, -0.25) is 9.59 Å². The lowest BCUT2D eigenvalue weighted by molar-refractivity contribution is -0.144. The number of ketones is 3. The predicted molar refractivity (Wildman–Crippen MR) is 76.4 cm³/mol. The van der Waals surface area contributed by atoms with Crippen molar-refractivity contribution in [2.45, 2.75) is 45.4 Å². The van der Waals surface area contributed by atoms with E-state index in [1.54, 1.807) is 0 Å². The van der Waals surface area contributed by atoms with E-state index in [-0.39, 0.29) is 17.3 Å². The Morgan fingerprint density at radius 2 is 1.70 bits per heavy atom. The summed E-state index contributed by atoms with van der Waals surface area (Å²) in [4.78, 5) is 36.1. The third-order valence-electron chi connectivity index (χ3n) is 4.13. The second-order valence-corrected chi connectivity index (χ2v) is 5.65. The quantitative estimate of drug-likeness (QED) is 0.774. The molecule has 0 radical (unpaired) electrons. The highest BCUT2D eigenvalue weighted by molar-refractivity contribution is 6.09. The molecule has 0 heterocycles. The highest BCUT2D eigenvalue weighted by atomic mass is 16.2. The average molecular weight is 272 g/mol. The Bertz CT molecular complexity index is 500. The fourth-order valence-corrected chi connectivity index (χ4v) is 2.94. The van der Waals surface area contributed by atoms with Gasteiger partial charge in [0.1, 0.15) is 17.3 Å². The predicted octanol–water partition coefficient (Wildman–Crippen LogP) is 2.91. The molecule has 2 rings (SSSR count). The van der Waals surface area contributed by atoms with E-state index in [1.165, 1.54) is 6.92 Å². The Balaban J connectivity index is 2.29. The normalized spacial score (nSPS) is 18.1. The van der Waals surface area contributed by atoms with E-state index >= 15 is 0 Å². The number of carbonyl (C=O) groups is 3. The van der Waals surface area contributed by atoms with Crippen LogP contribution in [0, 0.1) is 5.41 Å². The maximum Gasteiger partial charge on any atom is 0.146 e. The van der Waals surface area contributed by atoms with Crippen LogP contribution in [0.1, 0.15) is 44.6 Å². The number of hydrogen-bond acceptors (Lipinski definition) is 3. The van der Waals surface area contributed by atoms with Gasteiger partial charge in [-0.1, -0.05) is 30.3 Å². The molecule has 20 heavy (non-hydrogen) atoms. The van der Waals surface area contributed by atoms with Gasteiger partial charge in [0.05, 0.1) is 5.41 Å². The molecule has 1 aliphatic carbocycles. The third-order valence-corrected chi connectivity index (χ3v) is 4.13. The minimum Gasteiger partial charge on any atom is -0.300 e. The molecule has 0 spiro atoms. The molecule has 0 aromatic heterocycles.